The van der Waals surface area contributed by atoms with Gasteiger partial charge in [0.05, 0.1) is 30.8 Å². The number of carbonyl (C=O) groups is 1. The molecule has 0 radical (unpaired) electrons. The summed E-state index contributed by atoms with van der Waals surface area (Å²) in [6.45, 7) is 12.7. The number of aryl methyl sites for hydroxylation is 1. The van der Waals surface area contributed by atoms with Crippen molar-refractivity contribution in [1.82, 2.24) is 19.8 Å². The van der Waals surface area contributed by atoms with Crippen LogP contribution in [0.25, 0.3) is 0 Å². The average molecular weight is 602 g/mol. The van der Waals surface area contributed by atoms with Gasteiger partial charge in [-0.2, -0.15) is 15.2 Å². The van der Waals surface area contributed by atoms with E-state index in [0.717, 1.165) is 49.4 Å². The molecule has 4 aliphatic rings. The third-order valence-electron chi connectivity index (χ3n) is 9.69. The van der Waals surface area contributed by atoms with Crippen LogP contribution in [0.15, 0.2) is 18.2 Å². The van der Waals surface area contributed by atoms with E-state index in [9.17, 15) is 10.1 Å². The number of benzene rings is 1. The van der Waals surface area contributed by atoms with Gasteiger partial charge in [-0.25, -0.2) is 4.79 Å². The van der Waals surface area contributed by atoms with Crippen molar-refractivity contribution in [2.45, 2.75) is 96.4 Å². The zero-order valence-electron chi connectivity index (χ0n) is 27.0. The van der Waals surface area contributed by atoms with Gasteiger partial charge >= 0.3 is 12.1 Å². The monoisotopic (exact) mass is 601 g/mol. The van der Waals surface area contributed by atoms with Gasteiger partial charge in [0.2, 0.25) is 0 Å². The van der Waals surface area contributed by atoms with Crippen molar-refractivity contribution in [2.75, 3.05) is 56.2 Å². The van der Waals surface area contributed by atoms with Crippen LogP contribution in [-0.4, -0.2) is 89.9 Å². The van der Waals surface area contributed by atoms with E-state index in [-0.39, 0.29) is 18.6 Å². The molecule has 2 aromatic rings. The summed E-state index contributed by atoms with van der Waals surface area (Å²) in [5, 5.41) is 9.66. The van der Waals surface area contributed by atoms with Crippen molar-refractivity contribution in [3.8, 4) is 12.1 Å². The summed E-state index contributed by atoms with van der Waals surface area (Å²) in [6, 6.07) is 9.51. The molecule has 0 spiro atoms. The van der Waals surface area contributed by atoms with Crippen LogP contribution in [0.1, 0.15) is 81.7 Å². The number of likely N-dealkylation sites (N-methyl/N-ethyl adjacent to an activating group) is 1. The number of ether oxygens (including phenoxy) is 2. The molecule has 3 aliphatic heterocycles. The van der Waals surface area contributed by atoms with Crippen LogP contribution in [0.2, 0.25) is 0 Å². The van der Waals surface area contributed by atoms with E-state index >= 15 is 0 Å². The molecule has 1 aromatic carbocycles. The fraction of sp³-hybridized carbons (Fsp3) is 0.647. The maximum absolute atomic E-state index is 13.1. The van der Waals surface area contributed by atoms with Crippen LogP contribution in [0.5, 0.6) is 6.01 Å². The summed E-state index contributed by atoms with van der Waals surface area (Å²) in [5.41, 5.74) is 5.84. The molecular formula is C34H47N7O3. The average Bonchev–Trinajstić information content (AvgIpc) is 3.59. The predicted molar refractivity (Wildman–Crippen MR) is 170 cm³/mol. The fourth-order valence-electron chi connectivity index (χ4n) is 7.35. The molecule has 1 aliphatic carbocycles. The van der Waals surface area contributed by atoms with Crippen LogP contribution in [0.3, 0.4) is 0 Å². The van der Waals surface area contributed by atoms with Crippen molar-refractivity contribution in [1.29, 1.82) is 5.26 Å². The highest BCUT2D eigenvalue weighted by Crippen LogP contribution is 2.41. The molecule has 10 heteroatoms. The SMILES string of the molecule is CC1CCc2cccc(N3CCc4c(nc(OC[C@@H]5CCCN5C)nc4N4CCN(C(=O)OC(C)(C)C)[C@@H](CC#N)C4)C3)c21. The molecule has 4 heterocycles. The molecule has 2 saturated heterocycles. The van der Waals surface area contributed by atoms with Gasteiger partial charge in [0, 0.05) is 43.5 Å². The Bertz CT molecular complexity index is 1420. The molecule has 1 aromatic heterocycles. The quantitative estimate of drug-likeness (QED) is 0.458. The first kappa shape index (κ1) is 30.4. The Morgan fingerprint density at radius 1 is 1.07 bits per heavy atom. The van der Waals surface area contributed by atoms with Crippen molar-refractivity contribution < 1.29 is 14.3 Å². The number of rotatable bonds is 6. The molecule has 1 amide bonds. The van der Waals surface area contributed by atoms with E-state index in [1.807, 2.05) is 20.8 Å². The highest BCUT2D eigenvalue weighted by Gasteiger charge is 2.36. The standard InChI is InChI=1S/C34H47N7O3/c1-23-11-12-24-8-6-10-29(30(23)24)39-17-14-27-28(21-39)36-32(43-22-26-9-7-16-38(26)5)37-31(27)40-18-19-41(25(20-40)13-15-35)33(42)44-34(2,3)4/h6,8,10,23,25-26H,7,9,11-14,16-22H2,1-5H3/t23?,25-,26-/m0/s1. The lowest BCUT2D eigenvalue weighted by Crippen LogP contribution is -2.56. The molecule has 0 bridgehead atoms. The Hall–Kier alpha value is -3.58. The summed E-state index contributed by atoms with van der Waals surface area (Å²) >= 11 is 0. The number of anilines is 2. The Morgan fingerprint density at radius 2 is 1.91 bits per heavy atom. The molecule has 1 unspecified atom stereocenters. The van der Waals surface area contributed by atoms with Crippen molar-refractivity contribution in [2.24, 2.45) is 0 Å². The molecule has 2 fully saturated rings. The number of carbonyl (C=O) groups excluding carboxylic acids is 1. The van der Waals surface area contributed by atoms with Gasteiger partial charge < -0.3 is 29.1 Å². The van der Waals surface area contributed by atoms with Gasteiger partial charge in [-0.05, 0) is 89.6 Å². The topological polar surface area (TPSA) is 98.1 Å². The van der Waals surface area contributed by atoms with Crippen LogP contribution < -0.4 is 14.5 Å². The van der Waals surface area contributed by atoms with E-state index in [4.69, 9.17) is 19.4 Å². The van der Waals surface area contributed by atoms with E-state index < -0.39 is 5.60 Å². The minimum absolute atomic E-state index is 0.228. The minimum atomic E-state index is -0.598. The van der Waals surface area contributed by atoms with Gasteiger partial charge in [0.25, 0.3) is 0 Å². The maximum Gasteiger partial charge on any atom is 0.410 e. The largest absolute Gasteiger partial charge is 0.462 e. The van der Waals surface area contributed by atoms with E-state index in [1.54, 1.807) is 4.90 Å². The number of aromatic nitrogens is 2. The Labute approximate surface area is 261 Å². The zero-order chi connectivity index (χ0) is 31.0. The van der Waals surface area contributed by atoms with Crippen LogP contribution in [0, 0.1) is 11.3 Å². The Morgan fingerprint density at radius 3 is 2.66 bits per heavy atom. The van der Waals surface area contributed by atoms with Gasteiger partial charge in [-0.1, -0.05) is 19.1 Å². The summed E-state index contributed by atoms with van der Waals surface area (Å²) in [4.78, 5) is 31.9. The van der Waals surface area contributed by atoms with Gasteiger partial charge in [0.15, 0.2) is 0 Å². The van der Waals surface area contributed by atoms with Crippen molar-refractivity contribution in [3.63, 3.8) is 0 Å². The van der Waals surface area contributed by atoms with Gasteiger partial charge in [-0.3, -0.25) is 0 Å². The van der Waals surface area contributed by atoms with Crippen LogP contribution >= 0.6 is 0 Å². The molecule has 10 nitrogen and oxygen atoms in total. The molecule has 3 atom stereocenters. The minimum Gasteiger partial charge on any atom is -0.462 e. The van der Waals surface area contributed by atoms with E-state index in [0.29, 0.717) is 50.8 Å². The second-order valence-electron chi connectivity index (χ2n) is 13.9. The Kier molecular flexibility index (Phi) is 8.60. The second kappa shape index (κ2) is 12.4. The molecular weight excluding hydrogens is 554 g/mol. The third-order valence-corrected chi connectivity index (χ3v) is 9.69. The van der Waals surface area contributed by atoms with Gasteiger partial charge in [-0.15, -0.1) is 0 Å². The summed E-state index contributed by atoms with van der Waals surface area (Å²) in [6.07, 6.45) is 5.32. The molecule has 236 valence electrons. The predicted octanol–water partition coefficient (Wildman–Crippen LogP) is 4.90. The third kappa shape index (κ3) is 6.30. The molecule has 0 saturated carbocycles. The number of hydrogen-bond acceptors (Lipinski definition) is 9. The van der Waals surface area contributed by atoms with Crippen LogP contribution in [-0.2, 0) is 24.1 Å². The number of nitrogens with zero attached hydrogens (tertiary/aromatic N) is 7. The van der Waals surface area contributed by atoms with E-state index in [1.165, 1.54) is 29.7 Å². The fourth-order valence-corrected chi connectivity index (χ4v) is 7.35. The number of amides is 1. The summed E-state index contributed by atoms with van der Waals surface area (Å²) in [7, 11) is 2.15. The lowest BCUT2D eigenvalue weighted by atomic mass is 9.97. The Balaban J connectivity index is 1.29. The smallest absolute Gasteiger partial charge is 0.410 e. The van der Waals surface area contributed by atoms with Crippen molar-refractivity contribution in [3.05, 3.63) is 40.6 Å². The normalized spacial score (nSPS) is 23.7. The second-order valence-corrected chi connectivity index (χ2v) is 13.9. The number of nitriles is 1. The number of hydrogen-bond donors (Lipinski definition) is 0. The first-order valence-corrected chi connectivity index (χ1v) is 16.3. The highest BCUT2D eigenvalue weighted by atomic mass is 16.6. The lowest BCUT2D eigenvalue weighted by Gasteiger charge is -2.42. The van der Waals surface area contributed by atoms with Crippen LogP contribution in [0.4, 0.5) is 16.3 Å². The first-order chi connectivity index (χ1) is 21.1. The lowest BCUT2D eigenvalue weighted by molar-refractivity contribution is 0.0144. The number of piperazine rings is 1. The zero-order valence-corrected chi connectivity index (χ0v) is 27.0. The molecule has 0 N–H and O–H groups in total. The molecule has 6 rings (SSSR count). The van der Waals surface area contributed by atoms with Crippen molar-refractivity contribution >= 4 is 17.6 Å². The first-order valence-electron chi connectivity index (χ1n) is 16.3. The van der Waals surface area contributed by atoms with Gasteiger partial charge in [0.1, 0.15) is 18.0 Å². The number of fused-ring (bicyclic) bond motifs is 2. The highest BCUT2D eigenvalue weighted by molar-refractivity contribution is 5.69. The summed E-state index contributed by atoms with van der Waals surface area (Å²) < 4.78 is 12.0. The molecule has 44 heavy (non-hydrogen) atoms. The van der Waals surface area contributed by atoms with E-state index in [2.05, 4.69) is 52.9 Å². The summed E-state index contributed by atoms with van der Waals surface area (Å²) in [5.74, 6) is 1.44. The maximum atomic E-state index is 13.1. The number of likely N-dealkylation sites (tertiary alicyclic amines) is 1.